The van der Waals surface area contributed by atoms with Crippen LogP contribution in [0.25, 0.3) is 0 Å². The Kier molecular flexibility index (Phi) is 7.24. The van der Waals surface area contributed by atoms with Gasteiger partial charge in [0.15, 0.2) is 0 Å². The van der Waals surface area contributed by atoms with Gasteiger partial charge in [-0.3, -0.25) is 4.79 Å². The van der Waals surface area contributed by atoms with Gasteiger partial charge < -0.3 is 14.5 Å². The van der Waals surface area contributed by atoms with Crippen LogP contribution in [-0.4, -0.2) is 69.9 Å². The van der Waals surface area contributed by atoms with E-state index in [1.54, 1.807) is 23.5 Å². The number of piperazine rings is 1. The van der Waals surface area contributed by atoms with Crippen LogP contribution in [0.15, 0.2) is 53.4 Å². The second kappa shape index (κ2) is 10.1. The van der Waals surface area contributed by atoms with Crippen LogP contribution in [0.1, 0.15) is 24.8 Å². The molecule has 0 bridgehead atoms. The smallest absolute Gasteiger partial charge is 0.243 e. The number of nitrogens with zero attached hydrogens (tertiary/aromatic N) is 3. The summed E-state index contributed by atoms with van der Waals surface area (Å²) in [6.45, 7) is 5.93. The number of sulfonamides is 1. The maximum absolute atomic E-state index is 12.9. The number of ether oxygens (including phenoxy) is 1. The average molecular weight is 472 g/mol. The Labute approximate surface area is 197 Å². The third kappa shape index (κ3) is 5.50. The summed E-state index contributed by atoms with van der Waals surface area (Å²) in [5.74, 6) is 1.26. The maximum Gasteiger partial charge on any atom is 0.243 e. The van der Waals surface area contributed by atoms with Gasteiger partial charge in [0.25, 0.3) is 0 Å². The minimum Gasteiger partial charge on any atom is -0.497 e. The van der Waals surface area contributed by atoms with Crippen LogP contribution < -0.4 is 9.64 Å². The Bertz CT molecular complexity index is 1040. The molecule has 0 saturated carbocycles. The number of carbonyl (C=O) groups excluding carboxylic acids is 1. The summed E-state index contributed by atoms with van der Waals surface area (Å²) in [6.07, 6.45) is 1.95. The molecule has 2 saturated heterocycles. The van der Waals surface area contributed by atoms with E-state index in [-0.39, 0.29) is 11.8 Å². The zero-order valence-corrected chi connectivity index (χ0v) is 20.3. The lowest BCUT2D eigenvalue weighted by atomic mass is 9.94. The first-order valence-corrected chi connectivity index (χ1v) is 13.0. The number of hydrogen-bond acceptors (Lipinski definition) is 5. The highest BCUT2D eigenvalue weighted by Gasteiger charge is 2.31. The maximum atomic E-state index is 12.9. The van der Waals surface area contributed by atoms with Gasteiger partial charge in [-0.05, 0) is 62.1 Å². The van der Waals surface area contributed by atoms with Crippen molar-refractivity contribution in [3.8, 4) is 5.75 Å². The fourth-order valence-corrected chi connectivity index (χ4v) is 6.07. The summed E-state index contributed by atoms with van der Waals surface area (Å²) in [6, 6.07) is 15.0. The van der Waals surface area contributed by atoms with Crippen molar-refractivity contribution in [3.05, 3.63) is 54.1 Å². The minimum atomic E-state index is -3.46. The molecule has 7 nitrogen and oxygen atoms in total. The molecule has 33 heavy (non-hydrogen) atoms. The molecular formula is C25H33N3O4S. The fraction of sp³-hybridized carbons (Fsp3) is 0.480. The monoisotopic (exact) mass is 471 g/mol. The van der Waals surface area contributed by atoms with E-state index in [9.17, 15) is 13.2 Å². The van der Waals surface area contributed by atoms with Crippen molar-refractivity contribution in [1.29, 1.82) is 0 Å². The summed E-state index contributed by atoms with van der Waals surface area (Å²) < 4.78 is 32.6. The number of amides is 1. The van der Waals surface area contributed by atoms with E-state index in [2.05, 4.69) is 17.0 Å². The molecular weight excluding hydrogens is 438 g/mol. The van der Waals surface area contributed by atoms with Gasteiger partial charge in [0.05, 0.1) is 12.0 Å². The van der Waals surface area contributed by atoms with Gasteiger partial charge in [-0.1, -0.05) is 17.7 Å². The number of methoxy groups -OCH3 is 1. The Morgan fingerprint density at radius 3 is 2.09 bits per heavy atom. The van der Waals surface area contributed by atoms with Crippen LogP contribution >= 0.6 is 0 Å². The summed E-state index contributed by atoms with van der Waals surface area (Å²) in [5.41, 5.74) is 2.18. The minimum absolute atomic E-state index is 0.184. The molecule has 1 amide bonds. The van der Waals surface area contributed by atoms with E-state index in [0.29, 0.717) is 37.5 Å². The first kappa shape index (κ1) is 23.6. The standard InChI is InChI=1S/C25H33N3O4S/c1-20-3-9-24(10-4-20)33(30,31)28-13-11-21(12-14-28)19-25(29)27-17-15-26(16-18-27)22-5-7-23(32-2)8-6-22/h3-10,21H,11-19H2,1-2H3. The highest BCUT2D eigenvalue weighted by atomic mass is 32.2. The predicted octanol–water partition coefficient (Wildman–Crippen LogP) is 3.14. The molecule has 2 aliphatic rings. The molecule has 2 heterocycles. The Hall–Kier alpha value is -2.58. The Morgan fingerprint density at radius 2 is 1.52 bits per heavy atom. The molecule has 2 fully saturated rings. The van der Waals surface area contributed by atoms with Crippen LogP contribution in [0.3, 0.4) is 0 Å². The van der Waals surface area contributed by atoms with Crippen molar-refractivity contribution in [2.24, 2.45) is 5.92 Å². The number of carbonyl (C=O) groups is 1. The summed E-state index contributed by atoms with van der Waals surface area (Å²) >= 11 is 0. The van der Waals surface area contributed by atoms with Crippen LogP contribution in [0.5, 0.6) is 5.75 Å². The predicted molar refractivity (Wildman–Crippen MR) is 129 cm³/mol. The lowest BCUT2D eigenvalue weighted by molar-refractivity contribution is -0.132. The molecule has 0 spiro atoms. The van der Waals surface area contributed by atoms with Crippen LogP contribution in [0.4, 0.5) is 5.69 Å². The summed E-state index contributed by atoms with van der Waals surface area (Å²) in [7, 11) is -1.80. The van der Waals surface area contributed by atoms with E-state index in [1.165, 1.54) is 0 Å². The lowest BCUT2D eigenvalue weighted by Crippen LogP contribution is -2.49. The van der Waals surface area contributed by atoms with Crippen molar-refractivity contribution in [1.82, 2.24) is 9.21 Å². The molecule has 178 valence electrons. The van der Waals surface area contributed by atoms with Gasteiger partial charge in [-0.15, -0.1) is 0 Å². The quantitative estimate of drug-likeness (QED) is 0.647. The molecule has 0 aromatic heterocycles. The molecule has 0 N–H and O–H groups in total. The van der Waals surface area contributed by atoms with Gasteiger partial charge >= 0.3 is 0 Å². The van der Waals surface area contributed by atoms with E-state index in [0.717, 1.165) is 42.9 Å². The number of hydrogen-bond donors (Lipinski definition) is 0. The molecule has 0 aliphatic carbocycles. The van der Waals surface area contributed by atoms with Gasteiger partial charge in [-0.25, -0.2) is 8.42 Å². The fourth-order valence-electron chi connectivity index (χ4n) is 4.60. The Balaban J connectivity index is 1.24. The molecule has 2 aromatic carbocycles. The van der Waals surface area contributed by atoms with Crippen molar-refractivity contribution in [2.75, 3.05) is 51.3 Å². The van der Waals surface area contributed by atoms with Gasteiger partial charge in [0.1, 0.15) is 5.75 Å². The van der Waals surface area contributed by atoms with E-state index in [1.807, 2.05) is 36.1 Å². The molecule has 0 radical (unpaired) electrons. The number of piperidine rings is 1. The van der Waals surface area contributed by atoms with Crippen LogP contribution in [0, 0.1) is 12.8 Å². The van der Waals surface area contributed by atoms with Crippen molar-refractivity contribution in [3.63, 3.8) is 0 Å². The Morgan fingerprint density at radius 1 is 0.909 bits per heavy atom. The van der Waals surface area contributed by atoms with Gasteiger partial charge in [0, 0.05) is 51.4 Å². The van der Waals surface area contributed by atoms with Crippen LogP contribution in [-0.2, 0) is 14.8 Å². The molecule has 2 aromatic rings. The SMILES string of the molecule is COc1ccc(N2CCN(C(=O)CC3CCN(S(=O)(=O)c4ccc(C)cc4)CC3)CC2)cc1. The van der Waals surface area contributed by atoms with Crippen molar-refractivity contribution in [2.45, 2.75) is 31.1 Å². The highest BCUT2D eigenvalue weighted by Crippen LogP contribution is 2.27. The largest absolute Gasteiger partial charge is 0.497 e. The van der Waals surface area contributed by atoms with Gasteiger partial charge in [-0.2, -0.15) is 4.31 Å². The second-order valence-electron chi connectivity index (χ2n) is 8.93. The topological polar surface area (TPSA) is 70.2 Å². The highest BCUT2D eigenvalue weighted by molar-refractivity contribution is 7.89. The summed E-state index contributed by atoms with van der Waals surface area (Å²) in [4.78, 5) is 17.5. The first-order valence-electron chi connectivity index (χ1n) is 11.6. The molecule has 0 atom stereocenters. The van der Waals surface area contributed by atoms with E-state index < -0.39 is 10.0 Å². The molecule has 2 aliphatic heterocycles. The van der Waals surface area contributed by atoms with E-state index >= 15 is 0 Å². The normalized spacial score (nSPS) is 18.4. The first-order chi connectivity index (χ1) is 15.9. The lowest BCUT2D eigenvalue weighted by Gasteiger charge is -2.37. The van der Waals surface area contributed by atoms with Crippen LogP contribution in [0.2, 0.25) is 0 Å². The number of benzene rings is 2. The average Bonchev–Trinajstić information content (AvgIpc) is 2.85. The number of rotatable bonds is 6. The van der Waals surface area contributed by atoms with Gasteiger partial charge in [0.2, 0.25) is 15.9 Å². The third-order valence-corrected chi connectivity index (χ3v) is 8.68. The molecule has 4 rings (SSSR count). The van der Waals surface area contributed by atoms with E-state index in [4.69, 9.17) is 4.74 Å². The molecule has 8 heteroatoms. The number of aryl methyl sites for hydroxylation is 1. The summed E-state index contributed by atoms with van der Waals surface area (Å²) in [5, 5.41) is 0. The van der Waals surface area contributed by atoms with Crippen molar-refractivity contribution >= 4 is 21.6 Å². The zero-order chi connectivity index (χ0) is 23.4. The zero-order valence-electron chi connectivity index (χ0n) is 19.4. The third-order valence-electron chi connectivity index (χ3n) is 6.77. The van der Waals surface area contributed by atoms with Crippen molar-refractivity contribution < 1.29 is 17.9 Å². The molecule has 0 unspecified atom stereocenters. The number of anilines is 1. The second-order valence-corrected chi connectivity index (χ2v) is 10.9.